The summed E-state index contributed by atoms with van der Waals surface area (Å²) < 4.78 is 10.8. The van der Waals surface area contributed by atoms with Crippen LogP contribution >= 0.6 is 12.4 Å². The minimum atomic E-state index is 0. The molecule has 122 valence electrons. The van der Waals surface area contributed by atoms with E-state index in [1.54, 1.807) is 31.4 Å². The highest BCUT2D eigenvalue weighted by atomic mass is 35.5. The summed E-state index contributed by atoms with van der Waals surface area (Å²) in [7, 11) is 1.57. The fourth-order valence-corrected chi connectivity index (χ4v) is 2.38. The quantitative estimate of drug-likeness (QED) is 0.842. The number of methoxy groups -OCH3 is 1. The molecule has 1 heterocycles. The van der Waals surface area contributed by atoms with E-state index in [-0.39, 0.29) is 24.4 Å². The number of carbonyl (C=O) groups is 1. The number of benzene rings is 1. The van der Waals surface area contributed by atoms with E-state index in [1.165, 1.54) is 0 Å². The van der Waals surface area contributed by atoms with Crippen LogP contribution in [0, 0.1) is 0 Å². The lowest BCUT2D eigenvalue weighted by Crippen LogP contribution is -2.52. The zero-order valence-corrected chi connectivity index (χ0v) is 13.8. The Balaban J connectivity index is 0.00000242. The molecule has 0 aromatic heterocycles. The molecule has 1 amide bonds. The summed E-state index contributed by atoms with van der Waals surface area (Å²) in [6.07, 6.45) is 1.67. The van der Waals surface area contributed by atoms with Gasteiger partial charge in [-0.15, -0.1) is 12.4 Å². The van der Waals surface area contributed by atoms with Crippen molar-refractivity contribution in [2.75, 3.05) is 33.4 Å². The zero-order valence-electron chi connectivity index (χ0n) is 13.0. The van der Waals surface area contributed by atoms with Crippen molar-refractivity contribution in [3.8, 4) is 11.5 Å². The van der Waals surface area contributed by atoms with Gasteiger partial charge in [-0.3, -0.25) is 4.79 Å². The molecule has 5 nitrogen and oxygen atoms in total. The second kappa shape index (κ2) is 8.66. The van der Waals surface area contributed by atoms with E-state index in [2.05, 4.69) is 11.9 Å². The van der Waals surface area contributed by atoms with Gasteiger partial charge in [0.25, 0.3) is 5.91 Å². The molecule has 6 heteroatoms. The first-order valence-corrected chi connectivity index (χ1v) is 7.10. The number of carbonyl (C=O) groups excluding carboxylic acids is 1. The SMILES string of the molecule is C=CCOc1ccc(C(=O)N2CCNCC2C)cc1OC.Cl. The number of nitrogens with one attached hydrogen (secondary N) is 1. The number of ether oxygens (including phenoxy) is 2. The van der Waals surface area contributed by atoms with Gasteiger partial charge < -0.3 is 19.7 Å². The van der Waals surface area contributed by atoms with Gasteiger partial charge in [-0.25, -0.2) is 0 Å². The van der Waals surface area contributed by atoms with Crippen LogP contribution in [0.3, 0.4) is 0 Å². The Labute approximate surface area is 137 Å². The maximum atomic E-state index is 12.6. The van der Waals surface area contributed by atoms with Crippen LogP contribution in [0.25, 0.3) is 0 Å². The summed E-state index contributed by atoms with van der Waals surface area (Å²) in [4.78, 5) is 14.5. The highest BCUT2D eigenvalue weighted by Gasteiger charge is 2.24. The van der Waals surface area contributed by atoms with Crippen molar-refractivity contribution in [2.45, 2.75) is 13.0 Å². The fourth-order valence-electron chi connectivity index (χ4n) is 2.38. The van der Waals surface area contributed by atoms with Crippen LogP contribution in [0.15, 0.2) is 30.9 Å². The predicted molar refractivity (Wildman–Crippen MR) is 89.3 cm³/mol. The second-order valence-electron chi connectivity index (χ2n) is 5.02. The molecule has 22 heavy (non-hydrogen) atoms. The summed E-state index contributed by atoms with van der Waals surface area (Å²) >= 11 is 0. The Bertz CT molecular complexity index is 522. The molecule has 1 unspecified atom stereocenters. The molecule has 1 atom stereocenters. The number of nitrogens with zero attached hydrogens (tertiary/aromatic N) is 1. The third-order valence-electron chi connectivity index (χ3n) is 3.53. The van der Waals surface area contributed by atoms with Crippen LogP contribution in [-0.2, 0) is 0 Å². The Morgan fingerprint density at radius 3 is 2.91 bits per heavy atom. The first-order valence-electron chi connectivity index (χ1n) is 7.10. The minimum absolute atomic E-state index is 0. The van der Waals surface area contributed by atoms with E-state index < -0.39 is 0 Å². The van der Waals surface area contributed by atoms with E-state index in [9.17, 15) is 4.79 Å². The highest BCUT2D eigenvalue weighted by Crippen LogP contribution is 2.28. The Morgan fingerprint density at radius 1 is 1.50 bits per heavy atom. The van der Waals surface area contributed by atoms with Gasteiger partial charge in [-0.2, -0.15) is 0 Å². The molecule has 0 aliphatic carbocycles. The maximum absolute atomic E-state index is 12.6. The lowest BCUT2D eigenvalue weighted by atomic mass is 10.1. The molecule has 0 spiro atoms. The molecular weight excluding hydrogens is 304 g/mol. The summed E-state index contributed by atoms with van der Waals surface area (Å²) in [5.74, 6) is 1.20. The van der Waals surface area contributed by atoms with Gasteiger partial charge in [0, 0.05) is 31.2 Å². The van der Waals surface area contributed by atoms with Gasteiger partial charge in [0.05, 0.1) is 7.11 Å². The normalized spacial score (nSPS) is 17.4. The summed E-state index contributed by atoms with van der Waals surface area (Å²) in [5.41, 5.74) is 0.617. The van der Waals surface area contributed by atoms with Crippen molar-refractivity contribution in [3.63, 3.8) is 0 Å². The zero-order chi connectivity index (χ0) is 15.2. The number of hydrogen-bond acceptors (Lipinski definition) is 4. The van der Waals surface area contributed by atoms with Crippen LogP contribution in [-0.4, -0.2) is 50.2 Å². The van der Waals surface area contributed by atoms with E-state index in [4.69, 9.17) is 9.47 Å². The molecule has 0 bridgehead atoms. The first-order chi connectivity index (χ1) is 10.2. The average Bonchev–Trinajstić information content (AvgIpc) is 2.52. The largest absolute Gasteiger partial charge is 0.493 e. The maximum Gasteiger partial charge on any atom is 0.254 e. The van der Waals surface area contributed by atoms with Crippen LogP contribution < -0.4 is 14.8 Å². The van der Waals surface area contributed by atoms with Gasteiger partial charge in [-0.1, -0.05) is 12.7 Å². The van der Waals surface area contributed by atoms with Crippen molar-refractivity contribution in [3.05, 3.63) is 36.4 Å². The Kier molecular flexibility index (Phi) is 7.21. The van der Waals surface area contributed by atoms with Gasteiger partial charge in [0.1, 0.15) is 6.61 Å². The minimum Gasteiger partial charge on any atom is -0.493 e. The molecule has 1 aliphatic heterocycles. The second-order valence-corrected chi connectivity index (χ2v) is 5.02. The van der Waals surface area contributed by atoms with Crippen molar-refractivity contribution < 1.29 is 14.3 Å². The van der Waals surface area contributed by atoms with Gasteiger partial charge >= 0.3 is 0 Å². The number of piperazine rings is 1. The molecule has 2 rings (SSSR count). The third-order valence-corrected chi connectivity index (χ3v) is 3.53. The van der Waals surface area contributed by atoms with Crippen LogP contribution in [0.1, 0.15) is 17.3 Å². The molecule has 1 saturated heterocycles. The van der Waals surface area contributed by atoms with Gasteiger partial charge in [0.2, 0.25) is 0 Å². The molecule has 1 aromatic carbocycles. The lowest BCUT2D eigenvalue weighted by molar-refractivity contribution is 0.0655. The predicted octanol–water partition coefficient (Wildman–Crippen LogP) is 2.12. The highest BCUT2D eigenvalue weighted by molar-refractivity contribution is 5.95. The third kappa shape index (κ3) is 4.15. The standard InChI is InChI=1S/C16H22N2O3.ClH/c1-4-9-21-14-6-5-13(10-15(14)20-3)16(19)18-8-7-17-11-12(18)2;/h4-6,10,12,17H,1,7-9,11H2,2-3H3;1H. The van der Waals surface area contributed by atoms with Crippen LogP contribution in [0.2, 0.25) is 0 Å². The topological polar surface area (TPSA) is 50.8 Å². The molecule has 1 aromatic rings. The number of hydrogen-bond donors (Lipinski definition) is 1. The van der Waals surface area contributed by atoms with Crippen molar-refractivity contribution in [2.24, 2.45) is 0 Å². The molecule has 0 saturated carbocycles. The summed E-state index contributed by atoms with van der Waals surface area (Å²) in [6.45, 7) is 8.43. The first kappa shape index (κ1) is 18.3. The van der Waals surface area contributed by atoms with Crippen LogP contribution in [0.5, 0.6) is 11.5 Å². The van der Waals surface area contributed by atoms with E-state index in [0.717, 1.165) is 19.6 Å². The monoisotopic (exact) mass is 326 g/mol. The molecule has 0 radical (unpaired) electrons. The van der Waals surface area contributed by atoms with E-state index in [1.807, 2.05) is 11.8 Å². The summed E-state index contributed by atoms with van der Waals surface area (Å²) in [5, 5.41) is 3.28. The fraction of sp³-hybridized carbons (Fsp3) is 0.438. The summed E-state index contributed by atoms with van der Waals surface area (Å²) in [6, 6.07) is 5.46. The van der Waals surface area contributed by atoms with Gasteiger partial charge in [-0.05, 0) is 25.1 Å². The number of amides is 1. The smallest absolute Gasteiger partial charge is 0.254 e. The molecule has 1 fully saturated rings. The number of halogens is 1. The molecule has 1 aliphatic rings. The van der Waals surface area contributed by atoms with Crippen molar-refractivity contribution in [1.29, 1.82) is 0 Å². The van der Waals surface area contributed by atoms with Crippen molar-refractivity contribution >= 4 is 18.3 Å². The Hall–Kier alpha value is -1.72. The van der Waals surface area contributed by atoms with E-state index >= 15 is 0 Å². The lowest BCUT2D eigenvalue weighted by Gasteiger charge is -2.34. The Morgan fingerprint density at radius 2 is 2.27 bits per heavy atom. The average molecular weight is 327 g/mol. The molecular formula is C16H23ClN2O3. The number of rotatable bonds is 5. The van der Waals surface area contributed by atoms with Crippen molar-refractivity contribution in [1.82, 2.24) is 10.2 Å². The van der Waals surface area contributed by atoms with E-state index in [0.29, 0.717) is 23.7 Å². The molecule has 1 N–H and O–H groups in total. The van der Waals surface area contributed by atoms with Crippen LogP contribution in [0.4, 0.5) is 0 Å². The van der Waals surface area contributed by atoms with Gasteiger partial charge in [0.15, 0.2) is 11.5 Å².